The summed E-state index contributed by atoms with van der Waals surface area (Å²) in [6, 6.07) is 0.319. The Kier molecular flexibility index (Phi) is 3.16. The zero-order chi connectivity index (χ0) is 14.3. The molecular weight excluding hydrogens is 252 g/mol. The van der Waals surface area contributed by atoms with Gasteiger partial charge in [-0.25, -0.2) is 9.66 Å². The van der Waals surface area contributed by atoms with Crippen molar-refractivity contribution in [3.8, 4) is 11.3 Å². The lowest BCUT2D eigenvalue weighted by Gasteiger charge is -2.08. The van der Waals surface area contributed by atoms with E-state index in [0.717, 1.165) is 29.9 Å². The van der Waals surface area contributed by atoms with E-state index in [1.165, 1.54) is 12.8 Å². The number of nitrogens with zero attached hydrogens (tertiary/aromatic N) is 4. The predicted molar refractivity (Wildman–Crippen MR) is 79.6 cm³/mol. The molecule has 1 aliphatic carbocycles. The van der Waals surface area contributed by atoms with Crippen LogP contribution in [0.5, 0.6) is 0 Å². The highest BCUT2D eigenvalue weighted by Crippen LogP contribution is 2.36. The van der Waals surface area contributed by atoms with Crippen molar-refractivity contribution in [1.29, 1.82) is 0 Å². The maximum Gasteiger partial charge on any atom is 0.150 e. The summed E-state index contributed by atoms with van der Waals surface area (Å²) in [5, 5.41) is 4.34. The Hall–Kier alpha value is -1.98. The number of nitrogen functional groups attached to an aromatic ring is 2. The van der Waals surface area contributed by atoms with Crippen LogP contribution in [-0.4, -0.2) is 19.4 Å². The van der Waals surface area contributed by atoms with Gasteiger partial charge in [0, 0.05) is 23.7 Å². The summed E-state index contributed by atoms with van der Waals surface area (Å²) in [6.07, 6.45) is 8.58. The second-order valence-corrected chi connectivity index (χ2v) is 5.86. The van der Waals surface area contributed by atoms with E-state index in [-0.39, 0.29) is 0 Å². The fraction of sp³-hybridized carbons (Fsp3) is 0.571. The molecule has 2 heterocycles. The molecule has 0 aliphatic heterocycles. The maximum atomic E-state index is 6.13. The monoisotopic (exact) mass is 274 g/mol. The highest BCUT2D eigenvalue weighted by atomic mass is 15.4. The number of aromatic nitrogens is 4. The van der Waals surface area contributed by atoms with Crippen molar-refractivity contribution >= 4 is 5.82 Å². The Morgan fingerprint density at radius 2 is 2.00 bits per heavy atom. The van der Waals surface area contributed by atoms with Crippen LogP contribution in [0.2, 0.25) is 0 Å². The smallest absolute Gasteiger partial charge is 0.150 e. The molecule has 0 spiro atoms. The van der Waals surface area contributed by atoms with Gasteiger partial charge in [0.25, 0.3) is 0 Å². The van der Waals surface area contributed by atoms with Crippen LogP contribution in [0.1, 0.15) is 57.3 Å². The Bertz CT molecular complexity index is 603. The Morgan fingerprint density at radius 3 is 2.60 bits per heavy atom. The van der Waals surface area contributed by atoms with Gasteiger partial charge in [-0.1, -0.05) is 12.8 Å². The van der Waals surface area contributed by atoms with E-state index in [1.54, 1.807) is 10.9 Å². The number of imidazole rings is 1. The summed E-state index contributed by atoms with van der Waals surface area (Å²) < 4.78 is 3.46. The lowest BCUT2D eigenvalue weighted by molar-refractivity contribution is 0.532. The maximum absolute atomic E-state index is 6.13. The molecule has 0 bridgehead atoms. The molecule has 6 heteroatoms. The molecule has 0 aromatic carbocycles. The molecule has 0 radical (unpaired) electrons. The second kappa shape index (κ2) is 4.85. The Labute approximate surface area is 118 Å². The summed E-state index contributed by atoms with van der Waals surface area (Å²) in [5.74, 6) is 7.96. The first kappa shape index (κ1) is 13.0. The molecule has 4 N–H and O–H groups in total. The molecule has 3 rings (SSSR count). The van der Waals surface area contributed by atoms with Crippen molar-refractivity contribution in [3.05, 3.63) is 18.2 Å². The molecule has 0 unspecified atom stereocenters. The van der Waals surface area contributed by atoms with Crippen LogP contribution in [0.15, 0.2) is 12.4 Å². The predicted octanol–water partition coefficient (Wildman–Crippen LogP) is 2.28. The molecule has 20 heavy (non-hydrogen) atoms. The highest BCUT2D eigenvalue weighted by molar-refractivity contribution is 5.70. The summed E-state index contributed by atoms with van der Waals surface area (Å²) in [6.45, 7) is 4.18. The first-order valence-electron chi connectivity index (χ1n) is 7.25. The minimum Gasteiger partial charge on any atom is -0.382 e. The normalized spacial score (nSPS) is 16.4. The van der Waals surface area contributed by atoms with Crippen molar-refractivity contribution in [3.63, 3.8) is 0 Å². The first-order chi connectivity index (χ1) is 9.58. The summed E-state index contributed by atoms with van der Waals surface area (Å²) in [4.78, 5) is 4.69. The molecule has 6 nitrogen and oxygen atoms in total. The number of anilines is 1. The average Bonchev–Trinajstić information content (AvgIpc) is 3.12. The minimum absolute atomic E-state index is 0.319. The lowest BCUT2D eigenvalue weighted by atomic mass is 10.1. The van der Waals surface area contributed by atoms with Crippen molar-refractivity contribution < 1.29 is 0 Å². The van der Waals surface area contributed by atoms with Crippen LogP contribution in [0.4, 0.5) is 5.82 Å². The van der Waals surface area contributed by atoms with Crippen LogP contribution in [0, 0.1) is 0 Å². The number of nitrogens with two attached hydrogens (primary N) is 2. The van der Waals surface area contributed by atoms with Gasteiger partial charge in [0.2, 0.25) is 0 Å². The zero-order valence-electron chi connectivity index (χ0n) is 12.1. The summed E-state index contributed by atoms with van der Waals surface area (Å²) >= 11 is 0. The lowest BCUT2D eigenvalue weighted by Crippen LogP contribution is -2.17. The Balaban J connectivity index is 1.98. The quantitative estimate of drug-likeness (QED) is 0.840. The zero-order valence-corrected chi connectivity index (χ0v) is 12.1. The summed E-state index contributed by atoms with van der Waals surface area (Å²) in [7, 11) is 0. The first-order valence-corrected chi connectivity index (χ1v) is 7.25. The molecular formula is C14H22N6. The van der Waals surface area contributed by atoms with Crippen molar-refractivity contribution in [2.24, 2.45) is 0 Å². The summed E-state index contributed by atoms with van der Waals surface area (Å²) in [5.41, 5.74) is 7.81. The van der Waals surface area contributed by atoms with Crippen molar-refractivity contribution in [2.45, 2.75) is 51.5 Å². The van der Waals surface area contributed by atoms with E-state index in [4.69, 9.17) is 16.6 Å². The van der Waals surface area contributed by atoms with E-state index in [9.17, 15) is 0 Å². The Morgan fingerprint density at radius 1 is 1.30 bits per heavy atom. The molecule has 108 valence electrons. The van der Waals surface area contributed by atoms with Crippen LogP contribution in [-0.2, 0) is 0 Å². The van der Waals surface area contributed by atoms with Crippen LogP contribution < -0.4 is 11.6 Å². The van der Waals surface area contributed by atoms with Gasteiger partial charge in [0.05, 0.1) is 6.20 Å². The third-order valence-electron chi connectivity index (χ3n) is 4.10. The van der Waals surface area contributed by atoms with Crippen LogP contribution >= 0.6 is 0 Å². The number of hydrogen-bond acceptors (Lipinski definition) is 4. The fourth-order valence-corrected chi connectivity index (χ4v) is 2.89. The van der Waals surface area contributed by atoms with Gasteiger partial charge in [0.15, 0.2) is 5.82 Å². The molecule has 2 aromatic rings. The molecule has 0 atom stereocenters. The standard InChI is InChI=1S/C14H22N6/c1-9(2)19-8-11(7-17-19)12-13(15)20(16)14(18-12)10-5-3-4-6-10/h7-10H,3-6,15-16H2,1-2H3. The second-order valence-electron chi connectivity index (χ2n) is 5.86. The largest absolute Gasteiger partial charge is 0.382 e. The van der Waals surface area contributed by atoms with Gasteiger partial charge in [-0.05, 0) is 26.7 Å². The van der Waals surface area contributed by atoms with E-state index >= 15 is 0 Å². The van der Waals surface area contributed by atoms with Gasteiger partial charge < -0.3 is 11.6 Å². The minimum atomic E-state index is 0.319. The van der Waals surface area contributed by atoms with E-state index in [2.05, 4.69) is 18.9 Å². The van der Waals surface area contributed by atoms with Crippen molar-refractivity contribution in [1.82, 2.24) is 19.4 Å². The van der Waals surface area contributed by atoms with Gasteiger partial charge in [-0.15, -0.1) is 0 Å². The molecule has 2 aromatic heterocycles. The topological polar surface area (TPSA) is 87.7 Å². The fourth-order valence-electron chi connectivity index (χ4n) is 2.89. The van der Waals surface area contributed by atoms with E-state index in [0.29, 0.717) is 17.8 Å². The third-order valence-corrected chi connectivity index (χ3v) is 4.10. The van der Waals surface area contributed by atoms with E-state index < -0.39 is 0 Å². The van der Waals surface area contributed by atoms with Crippen LogP contribution in [0.25, 0.3) is 11.3 Å². The van der Waals surface area contributed by atoms with Crippen molar-refractivity contribution in [2.75, 3.05) is 11.6 Å². The SMILES string of the molecule is CC(C)n1cc(-c2nc(C3CCCC3)n(N)c2N)cn1. The van der Waals surface area contributed by atoms with Crippen LogP contribution in [0.3, 0.4) is 0 Å². The van der Waals surface area contributed by atoms with Gasteiger partial charge in [0.1, 0.15) is 11.5 Å². The number of rotatable bonds is 3. The molecule has 0 saturated heterocycles. The van der Waals surface area contributed by atoms with Gasteiger partial charge in [-0.2, -0.15) is 5.10 Å². The molecule has 0 amide bonds. The molecule has 1 saturated carbocycles. The van der Waals surface area contributed by atoms with Gasteiger partial charge >= 0.3 is 0 Å². The third kappa shape index (κ3) is 2.05. The average molecular weight is 274 g/mol. The molecule has 1 aliphatic rings. The van der Waals surface area contributed by atoms with Gasteiger partial charge in [-0.3, -0.25) is 4.68 Å². The molecule has 1 fully saturated rings. The van der Waals surface area contributed by atoms with E-state index in [1.807, 2.05) is 10.9 Å². The number of hydrogen-bond donors (Lipinski definition) is 2. The highest BCUT2D eigenvalue weighted by Gasteiger charge is 2.25.